The predicted octanol–water partition coefficient (Wildman–Crippen LogP) is 3.25. The molecule has 20 heavy (non-hydrogen) atoms. The zero-order chi connectivity index (χ0) is 13.9. The first kappa shape index (κ1) is 12.7. The third-order valence-electron chi connectivity index (χ3n) is 3.40. The Morgan fingerprint density at radius 1 is 1.00 bits per heavy atom. The van der Waals surface area contributed by atoms with Gasteiger partial charge in [0.25, 0.3) is 0 Å². The molecule has 0 radical (unpaired) electrons. The average Bonchev–Trinajstić information content (AvgIpc) is 2.53. The van der Waals surface area contributed by atoms with Gasteiger partial charge in [-0.05, 0) is 36.2 Å². The van der Waals surface area contributed by atoms with E-state index in [-0.39, 0.29) is 5.78 Å². The number of hydrogen-bond acceptors (Lipinski definition) is 3. The number of ether oxygens (including phenoxy) is 2. The summed E-state index contributed by atoms with van der Waals surface area (Å²) in [5.74, 6) is 1.36. The van der Waals surface area contributed by atoms with Crippen molar-refractivity contribution in [3.63, 3.8) is 0 Å². The van der Waals surface area contributed by atoms with Crippen molar-refractivity contribution >= 4 is 5.78 Å². The molecule has 3 rings (SSSR count). The Kier molecular flexibility index (Phi) is 3.42. The second-order valence-corrected chi connectivity index (χ2v) is 4.74. The lowest BCUT2D eigenvalue weighted by molar-refractivity contribution is 0.103. The van der Waals surface area contributed by atoms with Crippen molar-refractivity contribution in [1.82, 2.24) is 0 Å². The summed E-state index contributed by atoms with van der Waals surface area (Å²) >= 11 is 0. The summed E-state index contributed by atoms with van der Waals surface area (Å²) in [4.78, 5) is 12.5. The van der Waals surface area contributed by atoms with Crippen LogP contribution in [0, 0.1) is 0 Å². The van der Waals surface area contributed by atoms with Gasteiger partial charge in [0.15, 0.2) is 17.3 Å². The highest BCUT2D eigenvalue weighted by Crippen LogP contribution is 2.31. The molecular formula is C17H16O3. The van der Waals surface area contributed by atoms with Crippen molar-refractivity contribution in [3.8, 4) is 11.5 Å². The number of fused-ring (bicyclic) bond motifs is 1. The molecule has 0 amide bonds. The normalized spacial score (nSPS) is 13.1. The van der Waals surface area contributed by atoms with Crippen LogP contribution >= 0.6 is 0 Å². The molecule has 102 valence electrons. The van der Waals surface area contributed by atoms with Crippen molar-refractivity contribution in [1.29, 1.82) is 0 Å². The molecule has 0 aromatic heterocycles. The number of rotatable bonds is 3. The maximum absolute atomic E-state index is 12.5. The molecule has 0 N–H and O–H groups in total. The van der Waals surface area contributed by atoms with E-state index in [2.05, 4.69) is 6.92 Å². The van der Waals surface area contributed by atoms with Crippen LogP contribution in [-0.2, 0) is 6.42 Å². The van der Waals surface area contributed by atoms with E-state index < -0.39 is 0 Å². The van der Waals surface area contributed by atoms with Gasteiger partial charge in [-0.2, -0.15) is 0 Å². The number of benzene rings is 2. The van der Waals surface area contributed by atoms with Gasteiger partial charge in [-0.15, -0.1) is 0 Å². The largest absolute Gasteiger partial charge is 0.486 e. The van der Waals surface area contributed by atoms with E-state index in [0.29, 0.717) is 35.8 Å². The van der Waals surface area contributed by atoms with Crippen LogP contribution in [0.5, 0.6) is 11.5 Å². The van der Waals surface area contributed by atoms with E-state index in [1.165, 1.54) is 0 Å². The summed E-state index contributed by atoms with van der Waals surface area (Å²) in [6.07, 6.45) is 0.919. The molecule has 0 saturated heterocycles. The van der Waals surface area contributed by atoms with E-state index in [4.69, 9.17) is 9.47 Å². The Hall–Kier alpha value is -2.29. The molecule has 2 aromatic carbocycles. The molecule has 2 aromatic rings. The van der Waals surface area contributed by atoms with E-state index >= 15 is 0 Å². The fourth-order valence-corrected chi connectivity index (χ4v) is 2.28. The van der Waals surface area contributed by atoms with Crippen LogP contribution in [-0.4, -0.2) is 19.0 Å². The molecule has 0 aliphatic carbocycles. The predicted molar refractivity (Wildman–Crippen MR) is 76.7 cm³/mol. The Bertz CT molecular complexity index is 646. The van der Waals surface area contributed by atoms with E-state index in [9.17, 15) is 4.79 Å². The summed E-state index contributed by atoms with van der Waals surface area (Å²) in [5.41, 5.74) is 2.50. The first-order valence-corrected chi connectivity index (χ1v) is 6.81. The smallest absolute Gasteiger partial charge is 0.193 e. The molecule has 0 saturated carbocycles. The van der Waals surface area contributed by atoms with Crippen molar-refractivity contribution in [3.05, 3.63) is 59.2 Å². The van der Waals surface area contributed by atoms with Gasteiger partial charge in [0.2, 0.25) is 0 Å². The standard InChI is InChI=1S/C17H16O3/c1-2-12-4-3-5-13(10-12)17(18)14-6-7-15-16(11-14)20-9-8-19-15/h3-7,10-11H,2,8-9H2,1H3. The SMILES string of the molecule is CCc1cccc(C(=O)c2ccc3c(c2)OCCO3)c1. The van der Waals surface area contributed by atoms with Gasteiger partial charge in [-0.3, -0.25) is 4.79 Å². The molecule has 1 aliphatic heterocycles. The zero-order valence-electron chi connectivity index (χ0n) is 11.4. The number of ketones is 1. The van der Waals surface area contributed by atoms with Gasteiger partial charge in [0.1, 0.15) is 13.2 Å². The fraction of sp³-hybridized carbons (Fsp3) is 0.235. The van der Waals surface area contributed by atoms with Crippen LogP contribution in [0.4, 0.5) is 0 Å². The summed E-state index contributed by atoms with van der Waals surface area (Å²) in [7, 11) is 0. The summed E-state index contributed by atoms with van der Waals surface area (Å²) < 4.78 is 11.0. The van der Waals surface area contributed by atoms with Crippen molar-refractivity contribution in [2.45, 2.75) is 13.3 Å². The van der Waals surface area contributed by atoms with Crippen LogP contribution in [0.25, 0.3) is 0 Å². The van der Waals surface area contributed by atoms with Gasteiger partial charge in [-0.25, -0.2) is 0 Å². The van der Waals surface area contributed by atoms with Gasteiger partial charge < -0.3 is 9.47 Å². The quantitative estimate of drug-likeness (QED) is 0.802. The Labute approximate surface area is 118 Å². The van der Waals surface area contributed by atoms with E-state index in [0.717, 1.165) is 12.0 Å². The zero-order valence-corrected chi connectivity index (χ0v) is 11.4. The highest BCUT2D eigenvalue weighted by atomic mass is 16.6. The molecule has 1 aliphatic rings. The Balaban J connectivity index is 1.93. The molecule has 1 heterocycles. The number of hydrogen-bond donors (Lipinski definition) is 0. The fourth-order valence-electron chi connectivity index (χ4n) is 2.28. The minimum atomic E-state index is 0.0114. The molecule has 3 nitrogen and oxygen atoms in total. The molecule has 0 fully saturated rings. The van der Waals surface area contributed by atoms with Gasteiger partial charge in [0, 0.05) is 11.1 Å². The molecule has 0 unspecified atom stereocenters. The highest BCUT2D eigenvalue weighted by Gasteiger charge is 2.16. The van der Waals surface area contributed by atoms with Crippen molar-refractivity contribution < 1.29 is 14.3 Å². The first-order valence-electron chi connectivity index (χ1n) is 6.81. The van der Waals surface area contributed by atoms with E-state index in [1.807, 2.05) is 24.3 Å². The number of carbonyl (C=O) groups excluding carboxylic acids is 1. The van der Waals surface area contributed by atoms with Gasteiger partial charge >= 0.3 is 0 Å². The second-order valence-electron chi connectivity index (χ2n) is 4.74. The highest BCUT2D eigenvalue weighted by molar-refractivity contribution is 6.09. The van der Waals surface area contributed by atoms with Crippen LogP contribution in [0.2, 0.25) is 0 Å². The Morgan fingerprint density at radius 2 is 1.75 bits per heavy atom. The molecule has 0 spiro atoms. The maximum atomic E-state index is 12.5. The summed E-state index contributed by atoms with van der Waals surface area (Å²) in [6, 6.07) is 13.1. The van der Waals surface area contributed by atoms with Crippen LogP contribution in [0.15, 0.2) is 42.5 Å². The Morgan fingerprint density at radius 3 is 2.55 bits per heavy atom. The van der Waals surface area contributed by atoms with Crippen molar-refractivity contribution in [2.75, 3.05) is 13.2 Å². The monoisotopic (exact) mass is 268 g/mol. The lowest BCUT2D eigenvalue weighted by atomic mass is 10.00. The van der Waals surface area contributed by atoms with Crippen LogP contribution < -0.4 is 9.47 Å². The van der Waals surface area contributed by atoms with E-state index in [1.54, 1.807) is 18.2 Å². The van der Waals surface area contributed by atoms with Gasteiger partial charge in [0.05, 0.1) is 0 Å². The molecule has 0 bridgehead atoms. The number of aryl methyl sites for hydroxylation is 1. The third-order valence-corrected chi connectivity index (χ3v) is 3.40. The topological polar surface area (TPSA) is 35.5 Å². The molecule has 3 heteroatoms. The van der Waals surface area contributed by atoms with Gasteiger partial charge in [-0.1, -0.05) is 25.1 Å². The first-order chi connectivity index (χ1) is 9.78. The van der Waals surface area contributed by atoms with Crippen LogP contribution in [0.1, 0.15) is 28.4 Å². The second kappa shape index (κ2) is 5.37. The average molecular weight is 268 g/mol. The number of carbonyl (C=O) groups is 1. The third kappa shape index (κ3) is 2.39. The minimum absolute atomic E-state index is 0.0114. The summed E-state index contributed by atoms with van der Waals surface area (Å²) in [5, 5.41) is 0. The summed E-state index contributed by atoms with van der Waals surface area (Å²) in [6.45, 7) is 3.16. The molecule has 0 atom stereocenters. The maximum Gasteiger partial charge on any atom is 0.193 e. The lowest BCUT2D eigenvalue weighted by Crippen LogP contribution is -2.15. The minimum Gasteiger partial charge on any atom is -0.486 e. The lowest BCUT2D eigenvalue weighted by Gasteiger charge is -2.18. The van der Waals surface area contributed by atoms with Crippen LogP contribution in [0.3, 0.4) is 0 Å². The molecular weight excluding hydrogens is 252 g/mol. The van der Waals surface area contributed by atoms with Crippen molar-refractivity contribution in [2.24, 2.45) is 0 Å².